The van der Waals surface area contributed by atoms with Gasteiger partial charge in [0.15, 0.2) is 0 Å². The Labute approximate surface area is 97.9 Å². The molecule has 86 valence electrons. The van der Waals surface area contributed by atoms with Gasteiger partial charge in [-0.1, -0.05) is 17.7 Å². The molecule has 2 heteroatoms. The van der Waals surface area contributed by atoms with Crippen molar-refractivity contribution < 1.29 is 4.74 Å². The number of hydrogen-bond donors (Lipinski definition) is 0. The molecule has 0 bridgehead atoms. The highest BCUT2D eigenvalue weighted by Crippen LogP contribution is 2.29. The molecular formula is C14H19NO. The molecule has 2 nitrogen and oxygen atoms in total. The molecule has 1 rings (SSSR count). The zero-order valence-electron chi connectivity index (χ0n) is 10.7. The topological polar surface area (TPSA) is 33.0 Å². The molecule has 0 saturated carbocycles. The van der Waals surface area contributed by atoms with E-state index in [-0.39, 0.29) is 0 Å². The Balaban J connectivity index is 3.03. The van der Waals surface area contributed by atoms with Crippen LogP contribution in [0.15, 0.2) is 12.1 Å². The molecule has 0 unspecified atom stereocenters. The van der Waals surface area contributed by atoms with Crippen LogP contribution in [-0.2, 0) is 0 Å². The number of rotatable bonds is 3. The molecule has 1 aromatic rings. The fourth-order valence-electron chi connectivity index (χ4n) is 1.83. The third kappa shape index (κ3) is 3.00. The van der Waals surface area contributed by atoms with Crippen LogP contribution in [0.3, 0.4) is 0 Å². The maximum Gasteiger partial charge on any atom is 0.125 e. The molecule has 0 radical (unpaired) electrons. The van der Waals surface area contributed by atoms with Gasteiger partial charge in [-0.3, -0.25) is 0 Å². The van der Waals surface area contributed by atoms with E-state index in [1.165, 1.54) is 5.56 Å². The molecule has 0 aliphatic carbocycles. The van der Waals surface area contributed by atoms with E-state index < -0.39 is 5.60 Å². The van der Waals surface area contributed by atoms with Crippen LogP contribution in [0.4, 0.5) is 0 Å². The minimum Gasteiger partial charge on any atom is -0.486 e. The van der Waals surface area contributed by atoms with Crippen LogP contribution in [0.2, 0.25) is 0 Å². The summed E-state index contributed by atoms with van der Waals surface area (Å²) in [6.45, 7) is 10.0. The average molecular weight is 217 g/mol. The second kappa shape index (κ2) is 4.57. The van der Waals surface area contributed by atoms with E-state index >= 15 is 0 Å². The van der Waals surface area contributed by atoms with Crippen molar-refractivity contribution in [1.82, 2.24) is 0 Å². The molecule has 0 atom stereocenters. The molecule has 0 fully saturated rings. The first-order chi connectivity index (χ1) is 7.35. The van der Waals surface area contributed by atoms with Gasteiger partial charge in [0.1, 0.15) is 11.4 Å². The summed E-state index contributed by atoms with van der Waals surface area (Å²) in [5, 5.41) is 8.73. The van der Waals surface area contributed by atoms with Gasteiger partial charge in [-0.05, 0) is 45.7 Å². The lowest BCUT2D eigenvalue weighted by Crippen LogP contribution is -2.28. The third-order valence-electron chi connectivity index (χ3n) is 2.49. The smallest absolute Gasteiger partial charge is 0.125 e. The van der Waals surface area contributed by atoms with Gasteiger partial charge in [0.05, 0.1) is 12.5 Å². The quantitative estimate of drug-likeness (QED) is 0.773. The lowest BCUT2D eigenvalue weighted by molar-refractivity contribution is 0.113. The Morgan fingerprint density at radius 1 is 1.19 bits per heavy atom. The summed E-state index contributed by atoms with van der Waals surface area (Å²) in [7, 11) is 0. The maximum atomic E-state index is 8.73. The second-order valence-electron chi connectivity index (χ2n) is 4.92. The number of nitriles is 1. The van der Waals surface area contributed by atoms with Crippen molar-refractivity contribution in [1.29, 1.82) is 5.26 Å². The third-order valence-corrected chi connectivity index (χ3v) is 2.49. The molecule has 0 saturated heterocycles. The van der Waals surface area contributed by atoms with Crippen LogP contribution < -0.4 is 4.74 Å². The van der Waals surface area contributed by atoms with Crippen molar-refractivity contribution in [3.05, 3.63) is 28.8 Å². The van der Waals surface area contributed by atoms with E-state index in [0.29, 0.717) is 6.42 Å². The van der Waals surface area contributed by atoms with E-state index in [0.717, 1.165) is 16.9 Å². The van der Waals surface area contributed by atoms with Gasteiger partial charge in [-0.15, -0.1) is 0 Å². The Morgan fingerprint density at radius 2 is 1.69 bits per heavy atom. The fourth-order valence-corrected chi connectivity index (χ4v) is 1.83. The lowest BCUT2D eigenvalue weighted by atomic mass is 10.0. The molecule has 0 N–H and O–H groups in total. The predicted octanol–water partition coefficient (Wildman–Crippen LogP) is 3.68. The zero-order chi connectivity index (χ0) is 12.3. The summed E-state index contributed by atoms with van der Waals surface area (Å²) in [5.41, 5.74) is 3.06. The summed E-state index contributed by atoms with van der Waals surface area (Å²) in [6, 6.07) is 6.36. The number of ether oxygens (including phenoxy) is 1. The van der Waals surface area contributed by atoms with Gasteiger partial charge in [-0.25, -0.2) is 0 Å². The number of aryl methyl sites for hydroxylation is 3. The fraction of sp³-hybridized carbons (Fsp3) is 0.500. The SMILES string of the molecule is Cc1cc(C)c(OC(C)(C)CC#N)c(C)c1. The molecule has 0 spiro atoms. The van der Waals surface area contributed by atoms with Crippen molar-refractivity contribution in [2.24, 2.45) is 0 Å². The van der Waals surface area contributed by atoms with E-state index in [1.54, 1.807) is 0 Å². The van der Waals surface area contributed by atoms with E-state index in [1.807, 2.05) is 27.7 Å². The first-order valence-electron chi connectivity index (χ1n) is 5.49. The van der Waals surface area contributed by atoms with E-state index in [9.17, 15) is 0 Å². The van der Waals surface area contributed by atoms with Crippen LogP contribution in [0.1, 0.15) is 37.0 Å². The largest absolute Gasteiger partial charge is 0.486 e. The van der Waals surface area contributed by atoms with Gasteiger partial charge >= 0.3 is 0 Å². The lowest BCUT2D eigenvalue weighted by Gasteiger charge is -2.26. The Kier molecular flexibility index (Phi) is 3.59. The average Bonchev–Trinajstić information content (AvgIpc) is 2.11. The molecule has 16 heavy (non-hydrogen) atoms. The maximum absolute atomic E-state index is 8.73. The van der Waals surface area contributed by atoms with Gasteiger partial charge in [0, 0.05) is 0 Å². The van der Waals surface area contributed by atoms with Gasteiger partial charge in [0.25, 0.3) is 0 Å². The van der Waals surface area contributed by atoms with Crippen LogP contribution in [0.5, 0.6) is 5.75 Å². The van der Waals surface area contributed by atoms with Crippen molar-refractivity contribution in [3.63, 3.8) is 0 Å². The van der Waals surface area contributed by atoms with Crippen molar-refractivity contribution in [2.75, 3.05) is 0 Å². The number of benzene rings is 1. The highest BCUT2D eigenvalue weighted by atomic mass is 16.5. The number of hydrogen-bond acceptors (Lipinski definition) is 2. The molecule has 0 heterocycles. The van der Waals surface area contributed by atoms with E-state index in [4.69, 9.17) is 10.00 Å². The van der Waals surface area contributed by atoms with Crippen LogP contribution in [0, 0.1) is 32.1 Å². The van der Waals surface area contributed by atoms with Crippen molar-refractivity contribution in [3.8, 4) is 11.8 Å². The summed E-state index contributed by atoms with van der Waals surface area (Å²) in [5.74, 6) is 0.908. The van der Waals surface area contributed by atoms with Crippen LogP contribution >= 0.6 is 0 Å². The van der Waals surface area contributed by atoms with Crippen LogP contribution in [-0.4, -0.2) is 5.60 Å². The van der Waals surface area contributed by atoms with Gasteiger partial charge in [0.2, 0.25) is 0 Å². The summed E-state index contributed by atoms with van der Waals surface area (Å²) >= 11 is 0. The molecule has 0 aliphatic rings. The number of nitrogens with zero attached hydrogens (tertiary/aromatic N) is 1. The van der Waals surface area contributed by atoms with Crippen molar-refractivity contribution >= 4 is 0 Å². The van der Waals surface area contributed by atoms with Crippen LogP contribution in [0.25, 0.3) is 0 Å². The molecule has 0 amide bonds. The summed E-state index contributed by atoms with van der Waals surface area (Å²) < 4.78 is 5.94. The summed E-state index contributed by atoms with van der Waals surface area (Å²) in [6.07, 6.45) is 0.389. The monoisotopic (exact) mass is 217 g/mol. The van der Waals surface area contributed by atoms with Crippen molar-refractivity contribution in [2.45, 2.75) is 46.6 Å². The Bertz CT molecular complexity index is 404. The minimum atomic E-state index is -0.431. The van der Waals surface area contributed by atoms with E-state index in [2.05, 4.69) is 25.1 Å². The summed E-state index contributed by atoms with van der Waals surface area (Å²) in [4.78, 5) is 0. The zero-order valence-corrected chi connectivity index (χ0v) is 10.7. The minimum absolute atomic E-state index is 0.389. The first-order valence-corrected chi connectivity index (χ1v) is 5.49. The molecule has 1 aromatic carbocycles. The highest BCUT2D eigenvalue weighted by molar-refractivity contribution is 5.43. The van der Waals surface area contributed by atoms with Gasteiger partial charge < -0.3 is 4.74 Å². The molecule has 0 aromatic heterocycles. The predicted molar refractivity (Wildman–Crippen MR) is 65.6 cm³/mol. The Morgan fingerprint density at radius 3 is 2.12 bits per heavy atom. The normalized spacial score (nSPS) is 11.0. The van der Waals surface area contributed by atoms with Gasteiger partial charge in [-0.2, -0.15) is 5.26 Å². The standard InChI is InChI=1S/C14H19NO/c1-10-8-11(2)13(12(3)9-10)16-14(4,5)6-7-15/h8-9H,6H2,1-5H3. The first kappa shape index (κ1) is 12.6. The molecular weight excluding hydrogens is 198 g/mol. The second-order valence-corrected chi connectivity index (χ2v) is 4.92. The molecule has 0 aliphatic heterocycles. The highest BCUT2D eigenvalue weighted by Gasteiger charge is 2.21. The Hall–Kier alpha value is -1.49.